The first-order valence-electron chi connectivity index (χ1n) is 5.92. The number of rotatable bonds is 7. The van der Waals surface area contributed by atoms with E-state index in [-0.39, 0.29) is 6.04 Å². The summed E-state index contributed by atoms with van der Waals surface area (Å²) in [6.07, 6.45) is 4.57. The Morgan fingerprint density at radius 1 is 1.56 bits per heavy atom. The van der Waals surface area contributed by atoms with Crippen molar-refractivity contribution in [1.82, 2.24) is 20.1 Å². The zero-order chi connectivity index (χ0) is 12.8. The van der Waals surface area contributed by atoms with Crippen molar-refractivity contribution >= 4 is 0 Å². The van der Waals surface area contributed by atoms with Crippen molar-refractivity contribution in [2.75, 3.05) is 13.2 Å². The van der Waals surface area contributed by atoms with Crippen molar-refractivity contribution in [1.29, 1.82) is 0 Å². The molecule has 0 fully saturated rings. The van der Waals surface area contributed by atoms with E-state index in [9.17, 15) is 0 Å². The number of ether oxygens (including phenoxy) is 1. The standard InChI is InChI=1S/C11H17N5O2/c1-2-17-4-3-10-15-11(18-16-10)9(12)5-8-6-13-7-14-8/h6-7,9H,2-5,12H2,1H3,(H,13,14)/t9-/m0/s1. The van der Waals surface area contributed by atoms with Crippen LogP contribution in [0, 0.1) is 0 Å². The quantitative estimate of drug-likeness (QED) is 0.699. The van der Waals surface area contributed by atoms with Crippen LogP contribution in [-0.4, -0.2) is 33.3 Å². The maximum Gasteiger partial charge on any atom is 0.243 e. The second-order valence-corrected chi connectivity index (χ2v) is 3.88. The molecule has 0 aliphatic rings. The van der Waals surface area contributed by atoms with Gasteiger partial charge in [0.25, 0.3) is 0 Å². The Morgan fingerprint density at radius 3 is 3.17 bits per heavy atom. The van der Waals surface area contributed by atoms with Crippen LogP contribution in [0.5, 0.6) is 0 Å². The van der Waals surface area contributed by atoms with Gasteiger partial charge in [0.1, 0.15) is 0 Å². The highest BCUT2D eigenvalue weighted by Crippen LogP contribution is 2.12. The Balaban J connectivity index is 1.88. The minimum atomic E-state index is -0.321. The largest absolute Gasteiger partial charge is 0.381 e. The fourth-order valence-corrected chi connectivity index (χ4v) is 1.55. The summed E-state index contributed by atoms with van der Waals surface area (Å²) in [5.41, 5.74) is 6.92. The van der Waals surface area contributed by atoms with Crippen LogP contribution in [0.3, 0.4) is 0 Å². The monoisotopic (exact) mass is 251 g/mol. The molecule has 98 valence electrons. The van der Waals surface area contributed by atoms with Crippen molar-refractivity contribution in [3.8, 4) is 0 Å². The van der Waals surface area contributed by atoms with Crippen LogP contribution in [0.4, 0.5) is 0 Å². The molecule has 0 radical (unpaired) electrons. The second-order valence-electron chi connectivity index (χ2n) is 3.88. The summed E-state index contributed by atoms with van der Waals surface area (Å²) >= 11 is 0. The fourth-order valence-electron chi connectivity index (χ4n) is 1.55. The summed E-state index contributed by atoms with van der Waals surface area (Å²) in [4.78, 5) is 11.2. The minimum absolute atomic E-state index is 0.321. The van der Waals surface area contributed by atoms with Crippen LogP contribution in [0.1, 0.15) is 30.4 Å². The van der Waals surface area contributed by atoms with Gasteiger partial charge < -0.3 is 20.0 Å². The molecule has 0 bridgehead atoms. The molecule has 0 aliphatic heterocycles. The van der Waals surface area contributed by atoms with Crippen molar-refractivity contribution in [3.63, 3.8) is 0 Å². The predicted octanol–water partition coefficient (Wildman–Crippen LogP) is 0.614. The normalized spacial score (nSPS) is 12.8. The van der Waals surface area contributed by atoms with E-state index in [1.165, 1.54) is 0 Å². The molecule has 0 unspecified atom stereocenters. The summed E-state index contributed by atoms with van der Waals surface area (Å²) in [7, 11) is 0. The summed E-state index contributed by atoms with van der Waals surface area (Å²) in [5, 5.41) is 3.87. The highest BCUT2D eigenvalue weighted by Gasteiger charge is 2.15. The molecule has 2 rings (SSSR count). The SMILES string of the molecule is CCOCCc1noc([C@@H](N)Cc2cnc[nH]2)n1. The average Bonchev–Trinajstić information content (AvgIpc) is 3.00. The van der Waals surface area contributed by atoms with Gasteiger partial charge in [-0.1, -0.05) is 5.16 Å². The lowest BCUT2D eigenvalue weighted by atomic mass is 10.2. The number of nitrogens with one attached hydrogen (secondary N) is 1. The molecule has 0 aliphatic carbocycles. The Kier molecular flexibility index (Phi) is 4.43. The second kappa shape index (κ2) is 6.27. The van der Waals surface area contributed by atoms with Crippen LogP contribution in [0.25, 0.3) is 0 Å². The van der Waals surface area contributed by atoms with Crippen molar-refractivity contribution in [2.45, 2.75) is 25.8 Å². The highest BCUT2D eigenvalue weighted by molar-refractivity contribution is 5.02. The van der Waals surface area contributed by atoms with Crippen molar-refractivity contribution < 1.29 is 9.26 Å². The number of H-pyrrole nitrogens is 1. The van der Waals surface area contributed by atoms with Gasteiger partial charge in [-0.05, 0) is 6.92 Å². The predicted molar refractivity (Wildman–Crippen MR) is 63.7 cm³/mol. The molecule has 0 aromatic carbocycles. The third-order valence-corrected chi connectivity index (χ3v) is 2.47. The number of imidazole rings is 1. The van der Waals surface area contributed by atoms with E-state index in [2.05, 4.69) is 20.1 Å². The van der Waals surface area contributed by atoms with Gasteiger partial charge in [-0.3, -0.25) is 0 Å². The number of aromatic nitrogens is 4. The maximum atomic E-state index is 5.98. The number of hydrogen-bond donors (Lipinski definition) is 2. The van der Waals surface area contributed by atoms with Crippen LogP contribution in [-0.2, 0) is 17.6 Å². The molecule has 7 heteroatoms. The third kappa shape index (κ3) is 3.38. The fraction of sp³-hybridized carbons (Fsp3) is 0.545. The van der Waals surface area contributed by atoms with E-state index in [0.717, 1.165) is 5.69 Å². The molecule has 3 N–H and O–H groups in total. The van der Waals surface area contributed by atoms with E-state index in [4.69, 9.17) is 15.0 Å². The first-order valence-corrected chi connectivity index (χ1v) is 5.92. The molecule has 0 spiro atoms. The molecule has 2 heterocycles. The molecular weight excluding hydrogens is 234 g/mol. The zero-order valence-electron chi connectivity index (χ0n) is 10.3. The maximum absolute atomic E-state index is 5.98. The Labute approximate surface area is 105 Å². The Hall–Kier alpha value is -1.73. The molecular formula is C11H17N5O2. The van der Waals surface area contributed by atoms with Crippen LogP contribution in [0.15, 0.2) is 17.0 Å². The van der Waals surface area contributed by atoms with Gasteiger partial charge in [-0.2, -0.15) is 4.98 Å². The van der Waals surface area contributed by atoms with Gasteiger partial charge >= 0.3 is 0 Å². The topological polar surface area (TPSA) is 103 Å². The summed E-state index contributed by atoms with van der Waals surface area (Å²) in [6.45, 7) is 3.22. The Bertz CT molecular complexity index is 454. The molecule has 18 heavy (non-hydrogen) atoms. The van der Waals surface area contributed by atoms with E-state index < -0.39 is 0 Å². The van der Waals surface area contributed by atoms with E-state index in [1.54, 1.807) is 12.5 Å². The van der Waals surface area contributed by atoms with Gasteiger partial charge in [0, 0.05) is 31.3 Å². The van der Waals surface area contributed by atoms with Crippen LogP contribution >= 0.6 is 0 Å². The number of hydrogen-bond acceptors (Lipinski definition) is 6. The van der Waals surface area contributed by atoms with Gasteiger partial charge in [0.05, 0.1) is 19.0 Å². The minimum Gasteiger partial charge on any atom is -0.381 e. The number of nitrogens with two attached hydrogens (primary N) is 1. The van der Waals surface area contributed by atoms with Gasteiger partial charge in [-0.15, -0.1) is 0 Å². The van der Waals surface area contributed by atoms with E-state index >= 15 is 0 Å². The van der Waals surface area contributed by atoms with E-state index in [0.29, 0.717) is 37.8 Å². The highest BCUT2D eigenvalue weighted by atomic mass is 16.5. The molecule has 7 nitrogen and oxygen atoms in total. The average molecular weight is 251 g/mol. The molecule has 2 aromatic heterocycles. The van der Waals surface area contributed by atoms with Crippen molar-refractivity contribution in [3.05, 3.63) is 29.9 Å². The third-order valence-electron chi connectivity index (χ3n) is 2.47. The molecule has 0 saturated carbocycles. The number of nitrogens with zero attached hydrogens (tertiary/aromatic N) is 3. The van der Waals surface area contributed by atoms with E-state index in [1.807, 2.05) is 6.92 Å². The number of aromatic amines is 1. The van der Waals surface area contributed by atoms with Crippen molar-refractivity contribution in [2.24, 2.45) is 5.73 Å². The Morgan fingerprint density at radius 2 is 2.44 bits per heavy atom. The first kappa shape index (κ1) is 12.7. The lowest BCUT2D eigenvalue weighted by molar-refractivity contribution is 0.149. The lowest BCUT2D eigenvalue weighted by Gasteiger charge is -2.03. The van der Waals surface area contributed by atoms with Gasteiger partial charge in [0.15, 0.2) is 5.82 Å². The molecule has 2 aromatic rings. The summed E-state index contributed by atoms with van der Waals surface area (Å²) < 4.78 is 10.4. The van der Waals surface area contributed by atoms with Crippen LogP contribution < -0.4 is 5.73 Å². The van der Waals surface area contributed by atoms with Crippen LogP contribution in [0.2, 0.25) is 0 Å². The van der Waals surface area contributed by atoms with Gasteiger partial charge in [-0.25, -0.2) is 4.98 Å². The lowest BCUT2D eigenvalue weighted by Crippen LogP contribution is -2.14. The summed E-state index contributed by atoms with van der Waals surface area (Å²) in [5.74, 6) is 1.06. The molecule has 0 saturated heterocycles. The molecule has 0 amide bonds. The van der Waals surface area contributed by atoms with Gasteiger partial charge in [0.2, 0.25) is 5.89 Å². The first-order chi connectivity index (χ1) is 8.79. The smallest absolute Gasteiger partial charge is 0.243 e. The zero-order valence-corrected chi connectivity index (χ0v) is 10.3. The molecule has 1 atom stereocenters. The summed E-state index contributed by atoms with van der Waals surface area (Å²) in [6, 6.07) is -0.321.